The maximum atomic E-state index is 10.9. The summed E-state index contributed by atoms with van der Waals surface area (Å²) >= 11 is 0. The van der Waals surface area contributed by atoms with Gasteiger partial charge >= 0.3 is 23.2 Å². The molecule has 2 aromatic carbocycles. The molecule has 2 aromatic heterocycles. The van der Waals surface area contributed by atoms with Gasteiger partial charge in [-0.3, -0.25) is 0 Å². The molecule has 0 fully saturated rings. The number of carbonyl (C=O) groups is 2. The Morgan fingerprint density at radius 3 is 1.48 bits per heavy atom. The Morgan fingerprint density at radius 2 is 1.13 bits per heavy atom. The average molecular weight is 314 g/mol. The number of carboxylic acid groups (broad SMARTS) is 2. The summed E-state index contributed by atoms with van der Waals surface area (Å²) in [5.74, 6) is -2.25. The highest BCUT2D eigenvalue weighted by atomic mass is 16.4. The molecule has 0 atom stereocenters. The van der Waals surface area contributed by atoms with Crippen LogP contribution in [0.15, 0.2) is 62.5 Å². The first-order valence-corrected chi connectivity index (χ1v) is 6.31. The van der Waals surface area contributed by atoms with Gasteiger partial charge in [-0.25, -0.2) is 19.2 Å². The van der Waals surface area contributed by atoms with Gasteiger partial charge in [0.2, 0.25) is 0 Å². The van der Waals surface area contributed by atoms with Crippen molar-refractivity contribution in [2.75, 3.05) is 0 Å². The van der Waals surface area contributed by atoms with Crippen LogP contribution in [-0.2, 0) is 0 Å². The van der Waals surface area contributed by atoms with Crippen LogP contribution >= 0.6 is 0 Å². The Labute approximate surface area is 128 Å². The lowest BCUT2D eigenvalue weighted by molar-refractivity contribution is 0.0696. The lowest BCUT2D eigenvalue weighted by atomic mass is 10.1. The Bertz CT molecular complexity index is 878. The standard InChI is InChI=1S/C8H6O4.C8H4O3/c9-7(10)5-2-1-3-6(4-5)8(11)12;9-7-5-1-2-6(4-3-5)8(10)11-7/h1-4H,(H,9,10)(H,11,12);1-4H. The molecule has 0 radical (unpaired) electrons. The zero-order valence-electron chi connectivity index (χ0n) is 11.6. The van der Waals surface area contributed by atoms with E-state index >= 15 is 0 Å². The van der Waals surface area contributed by atoms with E-state index in [-0.39, 0.29) is 11.1 Å². The molecule has 0 saturated carbocycles. The van der Waals surface area contributed by atoms with Gasteiger partial charge in [-0.15, -0.1) is 0 Å². The maximum absolute atomic E-state index is 10.9. The molecule has 2 heterocycles. The van der Waals surface area contributed by atoms with Crippen molar-refractivity contribution >= 4 is 22.7 Å². The number of aromatic carboxylic acids is 2. The molecule has 2 bridgehead atoms. The van der Waals surface area contributed by atoms with Crippen LogP contribution in [0.4, 0.5) is 0 Å². The first kappa shape index (κ1) is 15.9. The number of carboxylic acids is 2. The quantitative estimate of drug-likeness (QED) is 0.737. The highest BCUT2D eigenvalue weighted by Gasteiger charge is 2.06. The zero-order chi connectivity index (χ0) is 17.0. The monoisotopic (exact) mass is 314 g/mol. The molecule has 0 aliphatic rings. The van der Waals surface area contributed by atoms with Crippen molar-refractivity contribution in [1.82, 2.24) is 0 Å². The van der Waals surface area contributed by atoms with Gasteiger partial charge in [0.1, 0.15) is 0 Å². The fraction of sp³-hybridized carbons (Fsp3) is 0. The van der Waals surface area contributed by atoms with Crippen molar-refractivity contribution in [1.29, 1.82) is 0 Å². The second kappa shape index (κ2) is 6.52. The number of fused-ring (bicyclic) bond motifs is 4. The lowest BCUT2D eigenvalue weighted by Gasteiger charge is -1.95. The Hall–Kier alpha value is -3.48. The molecule has 7 heteroatoms. The molecule has 0 aliphatic carbocycles. The first-order valence-electron chi connectivity index (χ1n) is 6.31. The van der Waals surface area contributed by atoms with E-state index in [1.165, 1.54) is 18.2 Å². The Balaban J connectivity index is 0.000000167. The summed E-state index contributed by atoms with van der Waals surface area (Å²) in [4.78, 5) is 42.5. The lowest BCUT2D eigenvalue weighted by Crippen LogP contribution is -2.02. The normalized spacial score (nSPS) is 9.91. The van der Waals surface area contributed by atoms with Gasteiger partial charge in [0, 0.05) is 0 Å². The zero-order valence-corrected chi connectivity index (χ0v) is 11.6. The molecular weight excluding hydrogens is 304 g/mol. The van der Waals surface area contributed by atoms with Crippen molar-refractivity contribution in [2.24, 2.45) is 0 Å². The molecule has 2 N–H and O–H groups in total. The van der Waals surface area contributed by atoms with Crippen molar-refractivity contribution in [3.8, 4) is 0 Å². The Kier molecular flexibility index (Phi) is 4.51. The number of benzene rings is 2. The topological polar surface area (TPSA) is 122 Å². The minimum Gasteiger partial charge on any atom is -0.478 e. The van der Waals surface area contributed by atoms with Gasteiger partial charge in [0.05, 0.1) is 21.9 Å². The van der Waals surface area contributed by atoms with E-state index in [2.05, 4.69) is 4.42 Å². The van der Waals surface area contributed by atoms with Crippen LogP contribution in [0.2, 0.25) is 0 Å². The van der Waals surface area contributed by atoms with Crippen molar-refractivity contribution < 1.29 is 24.2 Å². The number of hydrogen-bond acceptors (Lipinski definition) is 5. The van der Waals surface area contributed by atoms with Crippen molar-refractivity contribution in [3.05, 3.63) is 80.5 Å². The molecule has 23 heavy (non-hydrogen) atoms. The van der Waals surface area contributed by atoms with Gasteiger partial charge < -0.3 is 14.6 Å². The van der Waals surface area contributed by atoms with E-state index in [9.17, 15) is 19.2 Å². The third-order valence-electron chi connectivity index (χ3n) is 2.90. The van der Waals surface area contributed by atoms with E-state index in [1.54, 1.807) is 24.3 Å². The molecular formula is C16H10O7. The summed E-state index contributed by atoms with van der Waals surface area (Å²) in [5, 5.41) is 17.8. The minimum atomic E-state index is -1.13. The van der Waals surface area contributed by atoms with E-state index in [1.807, 2.05) is 0 Å². The number of rotatable bonds is 2. The first-order chi connectivity index (χ1) is 10.9. The summed E-state index contributed by atoms with van der Waals surface area (Å²) in [7, 11) is 0. The summed E-state index contributed by atoms with van der Waals surface area (Å²) in [6.45, 7) is 0. The summed E-state index contributed by atoms with van der Waals surface area (Å²) in [6, 6.07) is 11.5. The van der Waals surface area contributed by atoms with Crippen LogP contribution < -0.4 is 11.3 Å². The van der Waals surface area contributed by atoms with Crippen molar-refractivity contribution in [3.63, 3.8) is 0 Å². The highest BCUT2D eigenvalue weighted by molar-refractivity contribution is 5.93. The molecule has 0 amide bonds. The van der Waals surface area contributed by atoms with Crippen LogP contribution in [0.25, 0.3) is 10.8 Å². The van der Waals surface area contributed by atoms with E-state index in [0.717, 1.165) is 6.07 Å². The van der Waals surface area contributed by atoms with Crippen LogP contribution in [0.5, 0.6) is 0 Å². The van der Waals surface area contributed by atoms with Gasteiger partial charge in [0.25, 0.3) is 0 Å². The summed E-state index contributed by atoms with van der Waals surface area (Å²) in [5.41, 5.74) is -1.19. The largest absolute Gasteiger partial charge is 0.478 e. The fourth-order valence-corrected chi connectivity index (χ4v) is 1.73. The third-order valence-corrected chi connectivity index (χ3v) is 2.90. The summed E-state index contributed by atoms with van der Waals surface area (Å²) < 4.78 is 4.42. The molecule has 0 spiro atoms. The van der Waals surface area contributed by atoms with E-state index < -0.39 is 23.2 Å². The molecule has 0 unspecified atom stereocenters. The van der Waals surface area contributed by atoms with Crippen LogP contribution in [0.1, 0.15) is 20.7 Å². The average Bonchev–Trinajstić information content (AvgIpc) is 2.76. The predicted molar refractivity (Wildman–Crippen MR) is 80.3 cm³/mol. The molecule has 7 nitrogen and oxygen atoms in total. The SMILES string of the molecule is O=C(O)c1cccc(C(=O)O)c1.O=c1oc(=O)c2ccc1cc2. The molecule has 116 valence electrons. The van der Waals surface area contributed by atoms with Gasteiger partial charge in [0.15, 0.2) is 0 Å². The Morgan fingerprint density at radius 1 is 0.739 bits per heavy atom. The van der Waals surface area contributed by atoms with Crippen LogP contribution in [0, 0.1) is 0 Å². The van der Waals surface area contributed by atoms with Crippen LogP contribution in [-0.4, -0.2) is 22.2 Å². The molecule has 0 saturated heterocycles. The molecule has 0 aliphatic heterocycles. The van der Waals surface area contributed by atoms with Crippen molar-refractivity contribution in [2.45, 2.75) is 0 Å². The number of hydrogen-bond donors (Lipinski definition) is 2. The molecule has 4 rings (SSSR count). The summed E-state index contributed by atoms with van der Waals surface area (Å²) in [6.07, 6.45) is 0. The highest BCUT2D eigenvalue weighted by Crippen LogP contribution is 2.04. The molecule has 4 aromatic rings. The second-order valence-electron chi connectivity index (χ2n) is 4.45. The predicted octanol–water partition coefficient (Wildman–Crippen LogP) is 1.67. The smallest absolute Gasteiger partial charge is 0.346 e. The van der Waals surface area contributed by atoms with Gasteiger partial charge in [-0.2, -0.15) is 0 Å². The second-order valence-corrected chi connectivity index (χ2v) is 4.45. The van der Waals surface area contributed by atoms with Gasteiger partial charge in [-0.1, -0.05) is 6.07 Å². The van der Waals surface area contributed by atoms with E-state index in [0.29, 0.717) is 10.8 Å². The maximum Gasteiger partial charge on any atom is 0.346 e. The van der Waals surface area contributed by atoms with Gasteiger partial charge in [-0.05, 0) is 42.5 Å². The third kappa shape index (κ3) is 3.79. The van der Waals surface area contributed by atoms with E-state index in [4.69, 9.17) is 10.2 Å². The van der Waals surface area contributed by atoms with Crippen LogP contribution in [0.3, 0.4) is 0 Å². The minimum absolute atomic E-state index is 0.0186. The fourth-order valence-electron chi connectivity index (χ4n) is 1.73.